The number of ether oxygens (including phenoxy) is 1. The van der Waals surface area contributed by atoms with Gasteiger partial charge in [0.05, 0.1) is 13.2 Å². The number of hydrogen-bond donors (Lipinski definition) is 1. The van der Waals surface area contributed by atoms with Crippen LogP contribution >= 0.6 is 0 Å². The molecule has 0 spiro atoms. The van der Waals surface area contributed by atoms with E-state index in [1.165, 1.54) is 0 Å². The zero-order valence-electron chi connectivity index (χ0n) is 7.76. The van der Waals surface area contributed by atoms with Crippen LogP contribution in [0.5, 0.6) is 0 Å². The van der Waals surface area contributed by atoms with E-state index in [4.69, 9.17) is 5.11 Å². The number of aliphatic hydroxyl groups excluding tert-OH is 1. The maximum absolute atomic E-state index is 11.6. The van der Waals surface area contributed by atoms with E-state index < -0.39 is 6.36 Å². The van der Waals surface area contributed by atoms with Crippen molar-refractivity contribution in [1.29, 1.82) is 0 Å². The number of aliphatic hydroxyl groups is 1. The Morgan fingerprint density at radius 2 is 2.14 bits per heavy atom. The predicted octanol–water partition coefficient (Wildman–Crippen LogP) is 0.979. The second kappa shape index (κ2) is 4.95. The largest absolute Gasteiger partial charge is 0.522 e. The highest BCUT2D eigenvalue weighted by Crippen LogP contribution is 2.18. The molecule has 1 atom stereocenters. The molecule has 1 aliphatic heterocycles. The lowest BCUT2D eigenvalue weighted by Crippen LogP contribution is -2.35. The topological polar surface area (TPSA) is 32.7 Å². The van der Waals surface area contributed by atoms with Crippen molar-refractivity contribution < 1.29 is 23.0 Å². The van der Waals surface area contributed by atoms with Crippen molar-refractivity contribution in [1.82, 2.24) is 4.90 Å². The van der Waals surface area contributed by atoms with Crippen LogP contribution in [0.3, 0.4) is 0 Å². The average Bonchev–Trinajstić information content (AvgIpc) is 2.49. The van der Waals surface area contributed by atoms with E-state index in [1.807, 2.05) is 4.90 Å². The summed E-state index contributed by atoms with van der Waals surface area (Å²) in [6.07, 6.45) is -2.77. The van der Waals surface area contributed by atoms with Gasteiger partial charge in [0.1, 0.15) is 0 Å². The maximum atomic E-state index is 11.6. The van der Waals surface area contributed by atoms with Crippen molar-refractivity contribution in [2.24, 2.45) is 0 Å². The summed E-state index contributed by atoms with van der Waals surface area (Å²) in [6, 6.07) is 0.00633. The molecule has 0 aromatic rings. The summed E-state index contributed by atoms with van der Waals surface area (Å²) in [7, 11) is 0. The SMILES string of the molecule is OCC1CCCN1CCOC(F)(F)F. The van der Waals surface area contributed by atoms with Crippen LogP contribution < -0.4 is 0 Å². The van der Waals surface area contributed by atoms with E-state index in [0.717, 1.165) is 19.4 Å². The fourth-order valence-electron chi connectivity index (χ4n) is 1.67. The third-order valence-corrected chi connectivity index (χ3v) is 2.35. The molecule has 3 nitrogen and oxygen atoms in total. The lowest BCUT2D eigenvalue weighted by molar-refractivity contribution is -0.325. The van der Waals surface area contributed by atoms with Gasteiger partial charge in [-0.3, -0.25) is 9.64 Å². The molecule has 1 unspecified atom stereocenters. The summed E-state index contributed by atoms with van der Waals surface area (Å²) >= 11 is 0. The van der Waals surface area contributed by atoms with Gasteiger partial charge in [0, 0.05) is 12.6 Å². The van der Waals surface area contributed by atoms with Crippen molar-refractivity contribution in [2.45, 2.75) is 25.2 Å². The number of halogens is 3. The standard InChI is InChI=1S/C8H14F3NO2/c9-8(10,11)14-5-4-12-3-1-2-7(12)6-13/h7,13H,1-6H2. The van der Waals surface area contributed by atoms with Crippen LogP contribution in [0.15, 0.2) is 0 Å². The molecular formula is C8H14F3NO2. The summed E-state index contributed by atoms with van der Waals surface area (Å²) in [6.45, 7) is 0.614. The molecule has 14 heavy (non-hydrogen) atoms. The Kier molecular flexibility index (Phi) is 4.15. The van der Waals surface area contributed by atoms with Crippen LogP contribution in [0.2, 0.25) is 0 Å². The fraction of sp³-hybridized carbons (Fsp3) is 1.00. The zero-order valence-corrected chi connectivity index (χ0v) is 7.76. The molecule has 0 amide bonds. The third-order valence-electron chi connectivity index (χ3n) is 2.35. The molecule has 0 aliphatic carbocycles. The average molecular weight is 213 g/mol. The van der Waals surface area contributed by atoms with Gasteiger partial charge in [-0.2, -0.15) is 0 Å². The van der Waals surface area contributed by atoms with E-state index in [0.29, 0.717) is 0 Å². The van der Waals surface area contributed by atoms with Crippen molar-refractivity contribution in [3.05, 3.63) is 0 Å². The van der Waals surface area contributed by atoms with Gasteiger partial charge in [-0.25, -0.2) is 0 Å². The Labute approximate surface area is 80.5 Å². The normalized spacial score (nSPS) is 24.4. The predicted molar refractivity (Wildman–Crippen MR) is 43.7 cm³/mol. The van der Waals surface area contributed by atoms with Crippen molar-refractivity contribution in [3.8, 4) is 0 Å². The first-order valence-electron chi connectivity index (χ1n) is 4.58. The number of hydrogen-bond acceptors (Lipinski definition) is 3. The molecule has 0 aromatic heterocycles. The molecule has 0 aromatic carbocycles. The van der Waals surface area contributed by atoms with Crippen molar-refractivity contribution >= 4 is 0 Å². The van der Waals surface area contributed by atoms with Crippen LogP contribution in [0.25, 0.3) is 0 Å². The summed E-state index contributed by atoms with van der Waals surface area (Å²) in [5.74, 6) is 0. The van der Waals surface area contributed by atoms with Crippen molar-refractivity contribution in [2.75, 3.05) is 26.3 Å². The zero-order chi connectivity index (χ0) is 10.6. The number of alkyl halides is 3. The second-order valence-electron chi connectivity index (χ2n) is 3.31. The summed E-state index contributed by atoms with van der Waals surface area (Å²) in [4.78, 5) is 1.83. The van der Waals surface area contributed by atoms with Gasteiger partial charge in [0.2, 0.25) is 0 Å². The molecule has 1 fully saturated rings. The first-order valence-corrected chi connectivity index (χ1v) is 4.58. The van der Waals surface area contributed by atoms with Crippen LogP contribution in [-0.4, -0.2) is 48.7 Å². The van der Waals surface area contributed by atoms with Crippen LogP contribution in [0, 0.1) is 0 Å². The van der Waals surface area contributed by atoms with Gasteiger partial charge in [-0.15, -0.1) is 13.2 Å². The highest BCUT2D eigenvalue weighted by Gasteiger charge is 2.30. The Balaban J connectivity index is 2.18. The van der Waals surface area contributed by atoms with Gasteiger partial charge in [-0.05, 0) is 19.4 Å². The molecule has 1 heterocycles. The first kappa shape index (κ1) is 11.7. The van der Waals surface area contributed by atoms with E-state index in [9.17, 15) is 13.2 Å². The van der Waals surface area contributed by atoms with Gasteiger partial charge in [0.15, 0.2) is 0 Å². The second-order valence-corrected chi connectivity index (χ2v) is 3.31. The van der Waals surface area contributed by atoms with E-state index in [1.54, 1.807) is 0 Å². The maximum Gasteiger partial charge on any atom is 0.522 e. The van der Waals surface area contributed by atoms with Gasteiger partial charge < -0.3 is 5.11 Å². The van der Waals surface area contributed by atoms with E-state index >= 15 is 0 Å². The van der Waals surface area contributed by atoms with E-state index in [2.05, 4.69) is 4.74 Å². The molecule has 0 radical (unpaired) electrons. The monoisotopic (exact) mass is 213 g/mol. The minimum Gasteiger partial charge on any atom is -0.395 e. The Hall–Kier alpha value is -0.330. The number of rotatable bonds is 4. The lowest BCUT2D eigenvalue weighted by atomic mass is 10.2. The summed E-state index contributed by atoms with van der Waals surface area (Å²) < 4.78 is 38.5. The van der Waals surface area contributed by atoms with E-state index in [-0.39, 0.29) is 25.8 Å². The van der Waals surface area contributed by atoms with Gasteiger partial charge in [-0.1, -0.05) is 0 Å². The quantitative estimate of drug-likeness (QED) is 0.755. The highest BCUT2D eigenvalue weighted by atomic mass is 19.4. The Morgan fingerprint density at radius 3 is 2.71 bits per heavy atom. The number of likely N-dealkylation sites (tertiary alicyclic amines) is 1. The molecule has 0 saturated carbocycles. The van der Waals surface area contributed by atoms with Gasteiger partial charge >= 0.3 is 6.36 Å². The molecule has 0 bridgehead atoms. The van der Waals surface area contributed by atoms with Crippen LogP contribution in [0.4, 0.5) is 13.2 Å². The van der Waals surface area contributed by atoms with Crippen LogP contribution in [-0.2, 0) is 4.74 Å². The molecule has 84 valence electrons. The molecule has 1 rings (SSSR count). The lowest BCUT2D eigenvalue weighted by Gasteiger charge is -2.22. The summed E-state index contributed by atoms with van der Waals surface area (Å²) in [5.41, 5.74) is 0. The summed E-state index contributed by atoms with van der Waals surface area (Å²) in [5, 5.41) is 8.89. The van der Waals surface area contributed by atoms with Gasteiger partial charge in [0.25, 0.3) is 0 Å². The van der Waals surface area contributed by atoms with Crippen molar-refractivity contribution in [3.63, 3.8) is 0 Å². The Morgan fingerprint density at radius 1 is 1.43 bits per heavy atom. The molecular weight excluding hydrogens is 199 g/mol. The molecule has 1 N–H and O–H groups in total. The minimum atomic E-state index is -4.55. The Bertz CT molecular complexity index is 174. The van der Waals surface area contributed by atoms with Crippen LogP contribution in [0.1, 0.15) is 12.8 Å². The molecule has 1 aliphatic rings. The number of nitrogens with zero attached hydrogens (tertiary/aromatic N) is 1. The molecule has 1 saturated heterocycles. The third kappa shape index (κ3) is 3.81. The highest BCUT2D eigenvalue weighted by molar-refractivity contribution is 4.77. The molecule has 6 heteroatoms. The first-order chi connectivity index (χ1) is 6.53. The fourth-order valence-corrected chi connectivity index (χ4v) is 1.67. The smallest absolute Gasteiger partial charge is 0.395 e. The minimum absolute atomic E-state index is 0.00597.